The lowest BCUT2D eigenvalue weighted by Gasteiger charge is -2.14. The van der Waals surface area contributed by atoms with Crippen molar-refractivity contribution < 1.29 is 4.79 Å². The molecular formula is C16H19N3O3S. The minimum Gasteiger partial charge on any atom is -0.384 e. The van der Waals surface area contributed by atoms with Crippen LogP contribution in [0.5, 0.6) is 0 Å². The molecule has 1 aromatic carbocycles. The van der Waals surface area contributed by atoms with Crippen molar-refractivity contribution in [1.29, 1.82) is 0 Å². The zero-order chi connectivity index (χ0) is 17.3. The second kappa shape index (κ2) is 6.45. The Hall–Kier alpha value is -2.28. The maximum Gasteiger partial charge on any atom is 0.332 e. The summed E-state index contributed by atoms with van der Waals surface area (Å²) in [6.07, 6.45) is 0. The van der Waals surface area contributed by atoms with Crippen molar-refractivity contribution >= 4 is 23.4 Å². The van der Waals surface area contributed by atoms with E-state index in [0.29, 0.717) is 0 Å². The predicted molar refractivity (Wildman–Crippen MR) is 92.2 cm³/mol. The Morgan fingerprint density at radius 2 is 1.70 bits per heavy atom. The van der Waals surface area contributed by atoms with Crippen LogP contribution in [0.2, 0.25) is 0 Å². The maximum atomic E-state index is 12.6. The van der Waals surface area contributed by atoms with Gasteiger partial charge in [0.1, 0.15) is 11.4 Å². The van der Waals surface area contributed by atoms with Gasteiger partial charge in [-0.25, -0.2) is 4.79 Å². The third-order valence-electron chi connectivity index (χ3n) is 3.66. The zero-order valence-corrected chi connectivity index (χ0v) is 14.3. The fraction of sp³-hybridized carbons (Fsp3) is 0.312. The average Bonchev–Trinajstić information content (AvgIpc) is 2.53. The number of hydrogen-bond donors (Lipinski definition) is 1. The molecule has 0 spiro atoms. The normalized spacial score (nSPS) is 12.2. The van der Waals surface area contributed by atoms with Gasteiger partial charge in [0.2, 0.25) is 0 Å². The summed E-state index contributed by atoms with van der Waals surface area (Å²) in [5, 5.41) is -0.495. The van der Waals surface area contributed by atoms with E-state index in [4.69, 9.17) is 5.73 Å². The maximum absolute atomic E-state index is 12.6. The number of aryl methyl sites for hydroxylation is 1. The first kappa shape index (κ1) is 17.1. The van der Waals surface area contributed by atoms with Crippen LogP contribution in [-0.2, 0) is 14.1 Å². The van der Waals surface area contributed by atoms with Crippen LogP contribution < -0.4 is 17.0 Å². The van der Waals surface area contributed by atoms with Gasteiger partial charge in [-0.15, -0.1) is 11.8 Å². The monoisotopic (exact) mass is 333 g/mol. The standard InChI is InChI=1S/C16H19N3O3S/c1-9-5-7-11(8-6-9)23-10(2)13(20)12-14(17)18(3)16(22)19(4)15(12)21/h5-8,10H,17H2,1-4H3. The summed E-state index contributed by atoms with van der Waals surface area (Å²) in [6.45, 7) is 3.70. The SMILES string of the molecule is Cc1ccc(SC(C)C(=O)c2c(N)n(C)c(=O)n(C)c2=O)cc1. The number of ketones is 1. The molecule has 1 unspecified atom stereocenters. The van der Waals surface area contributed by atoms with Gasteiger partial charge in [0.15, 0.2) is 5.78 Å². The molecule has 2 N–H and O–H groups in total. The molecule has 6 nitrogen and oxygen atoms in total. The van der Waals surface area contributed by atoms with E-state index < -0.39 is 16.5 Å². The molecule has 0 bridgehead atoms. The third kappa shape index (κ3) is 3.24. The number of thioether (sulfide) groups is 1. The predicted octanol–water partition coefficient (Wildman–Crippen LogP) is 1.34. The van der Waals surface area contributed by atoms with Crippen LogP contribution in [0.25, 0.3) is 0 Å². The topological polar surface area (TPSA) is 87.1 Å². The van der Waals surface area contributed by atoms with Gasteiger partial charge in [-0.3, -0.25) is 18.7 Å². The quantitative estimate of drug-likeness (QED) is 0.674. The molecule has 23 heavy (non-hydrogen) atoms. The lowest BCUT2D eigenvalue weighted by atomic mass is 10.1. The summed E-state index contributed by atoms with van der Waals surface area (Å²) < 4.78 is 2.00. The number of nitrogen functional groups attached to an aromatic ring is 1. The first-order chi connectivity index (χ1) is 10.7. The van der Waals surface area contributed by atoms with E-state index in [2.05, 4.69) is 0 Å². The van der Waals surface area contributed by atoms with Gasteiger partial charge >= 0.3 is 5.69 Å². The summed E-state index contributed by atoms with van der Waals surface area (Å²) in [6, 6.07) is 7.76. The summed E-state index contributed by atoms with van der Waals surface area (Å²) in [5.41, 5.74) is 5.60. The molecule has 122 valence electrons. The number of Topliss-reactive ketones (excluding diaryl/α,β-unsaturated/α-hetero) is 1. The van der Waals surface area contributed by atoms with Gasteiger partial charge in [-0.1, -0.05) is 17.7 Å². The number of rotatable bonds is 4. The van der Waals surface area contributed by atoms with E-state index >= 15 is 0 Å². The highest BCUT2D eigenvalue weighted by Gasteiger charge is 2.25. The Kier molecular flexibility index (Phi) is 4.79. The number of aromatic nitrogens is 2. The van der Waals surface area contributed by atoms with Crippen molar-refractivity contribution in [3.05, 3.63) is 56.2 Å². The highest BCUT2D eigenvalue weighted by Crippen LogP contribution is 2.26. The van der Waals surface area contributed by atoms with Crippen molar-refractivity contribution in [3.63, 3.8) is 0 Å². The van der Waals surface area contributed by atoms with Crippen LogP contribution in [-0.4, -0.2) is 20.2 Å². The summed E-state index contributed by atoms with van der Waals surface area (Å²) in [4.78, 5) is 37.6. The smallest absolute Gasteiger partial charge is 0.332 e. The summed E-state index contributed by atoms with van der Waals surface area (Å²) >= 11 is 1.35. The highest BCUT2D eigenvalue weighted by molar-refractivity contribution is 8.00. The molecular weight excluding hydrogens is 314 g/mol. The second-order valence-corrected chi connectivity index (χ2v) is 6.82. The van der Waals surface area contributed by atoms with Crippen LogP contribution in [0.1, 0.15) is 22.8 Å². The van der Waals surface area contributed by atoms with Gasteiger partial charge in [-0.05, 0) is 26.0 Å². The molecule has 0 radical (unpaired) electrons. The largest absolute Gasteiger partial charge is 0.384 e. The van der Waals surface area contributed by atoms with Crippen molar-refractivity contribution in [2.24, 2.45) is 14.1 Å². The lowest BCUT2D eigenvalue weighted by molar-refractivity contribution is 0.0992. The van der Waals surface area contributed by atoms with E-state index in [1.54, 1.807) is 6.92 Å². The van der Waals surface area contributed by atoms with Crippen LogP contribution in [0.4, 0.5) is 5.82 Å². The molecule has 0 aliphatic rings. The molecule has 0 amide bonds. The Morgan fingerprint density at radius 3 is 2.26 bits per heavy atom. The Labute approximate surface area is 137 Å². The third-order valence-corrected chi connectivity index (χ3v) is 4.77. The van der Waals surface area contributed by atoms with Gasteiger partial charge < -0.3 is 5.73 Å². The first-order valence-corrected chi connectivity index (χ1v) is 7.95. The molecule has 7 heteroatoms. The van der Waals surface area contributed by atoms with Crippen LogP contribution in [0, 0.1) is 6.92 Å². The van der Waals surface area contributed by atoms with Gasteiger partial charge in [0.05, 0.1) is 5.25 Å². The van der Waals surface area contributed by atoms with E-state index in [1.165, 1.54) is 25.9 Å². The van der Waals surface area contributed by atoms with Gasteiger partial charge in [-0.2, -0.15) is 0 Å². The fourth-order valence-electron chi connectivity index (χ4n) is 2.17. The molecule has 1 atom stereocenters. The van der Waals surface area contributed by atoms with Crippen molar-refractivity contribution in [3.8, 4) is 0 Å². The number of nitrogens with two attached hydrogens (primary N) is 1. The van der Waals surface area contributed by atoms with Crippen molar-refractivity contribution in [2.45, 2.75) is 24.0 Å². The van der Waals surface area contributed by atoms with E-state index in [0.717, 1.165) is 19.6 Å². The Balaban J connectivity index is 2.39. The van der Waals surface area contributed by atoms with Crippen LogP contribution in [0.15, 0.2) is 38.8 Å². The van der Waals surface area contributed by atoms with Crippen LogP contribution >= 0.6 is 11.8 Å². The van der Waals surface area contributed by atoms with Crippen LogP contribution in [0.3, 0.4) is 0 Å². The number of hydrogen-bond acceptors (Lipinski definition) is 5. The Morgan fingerprint density at radius 1 is 1.13 bits per heavy atom. The minimum absolute atomic E-state index is 0.0977. The number of benzene rings is 1. The summed E-state index contributed by atoms with van der Waals surface area (Å²) in [5.74, 6) is -0.483. The number of nitrogens with zero attached hydrogens (tertiary/aromatic N) is 2. The number of anilines is 1. The number of carbonyl (C=O) groups excluding carboxylic acids is 1. The molecule has 0 aliphatic heterocycles. The lowest BCUT2D eigenvalue weighted by Crippen LogP contribution is -2.42. The van der Waals surface area contributed by atoms with E-state index in [1.807, 2.05) is 31.2 Å². The molecule has 1 aromatic heterocycles. The minimum atomic E-state index is -0.660. The van der Waals surface area contributed by atoms with E-state index in [-0.39, 0.29) is 17.2 Å². The highest BCUT2D eigenvalue weighted by atomic mass is 32.2. The molecule has 0 aliphatic carbocycles. The second-order valence-electron chi connectivity index (χ2n) is 5.40. The molecule has 0 saturated heterocycles. The molecule has 2 aromatic rings. The summed E-state index contributed by atoms with van der Waals surface area (Å²) in [7, 11) is 2.77. The number of carbonyl (C=O) groups is 1. The molecule has 0 saturated carbocycles. The van der Waals surface area contributed by atoms with Crippen molar-refractivity contribution in [2.75, 3.05) is 5.73 Å². The zero-order valence-electron chi connectivity index (χ0n) is 13.5. The van der Waals surface area contributed by atoms with Crippen molar-refractivity contribution in [1.82, 2.24) is 9.13 Å². The molecule has 0 fully saturated rings. The fourth-order valence-corrected chi connectivity index (χ4v) is 3.10. The van der Waals surface area contributed by atoms with E-state index in [9.17, 15) is 14.4 Å². The Bertz CT molecular complexity index is 866. The van der Waals surface area contributed by atoms with Gasteiger partial charge in [0, 0.05) is 19.0 Å². The molecule has 1 heterocycles. The first-order valence-electron chi connectivity index (χ1n) is 7.07. The average molecular weight is 333 g/mol. The van der Waals surface area contributed by atoms with Gasteiger partial charge in [0.25, 0.3) is 5.56 Å². The molecule has 2 rings (SSSR count).